The lowest BCUT2D eigenvalue weighted by atomic mass is 10.0. The lowest BCUT2D eigenvalue weighted by Gasteiger charge is -2.08. The summed E-state index contributed by atoms with van der Waals surface area (Å²) in [6, 6.07) is 15.8. The third-order valence-corrected chi connectivity index (χ3v) is 4.63. The molecule has 4 heterocycles. The molecule has 0 bridgehead atoms. The molecule has 1 N–H and O–H groups in total. The molecule has 1 aromatic carbocycles. The zero-order valence-electron chi connectivity index (χ0n) is 14.3. The lowest BCUT2D eigenvalue weighted by Crippen LogP contribution is -2.21. The summed E-state index contributed by atoms with van der Waals surface area (Å²) in [4.78, 5) is 28.6. The summed E-state index contributed by atoms with van der Waals surface area (Å²) >= 11 is 0. The minimum atomic E-state index is -0.133. The molecule has 5 aromatic rings. The first-order valence-electron chi connectivity index (χ1n) is 8.60. The van der Waals surface area contributed by atoms with Crippen molar-refractivity contribution in [3.8, 4) is 11.1 Å². The van der Waals surface area contributed by atoms with Crippen LogP contribution >= 0.6 is 0 Å². The van der Waals surface area contributed by atoms with E-state index in [1.165, 1.54) is 0 Å². The Balaban J connectivity index is 1.45. The number of nitrogens with one attached hydrogen (secondary N) is 1. The van der Waals surface area contributed by atoms with Crippen LogP contribution in [0.3, 0.4) is 0 Å². The Morgan fingerprint density at radius 1 is 0.963 bits per heavy atom. The second-order valence-electron chi connectivity index (χ2n) is 6.39. The van der Waals surface area contributed by atoms with Crippen molar-refractivity contribution in [2.45, 2.75) is 6.54 Å². The third kappa shape index (κ3) is 2.77. The Bertz CT molecular complexity index is 1320. The highest BCUT2D eigenvalue weighted by molar-refractivity contribution is 5.81. The molecule has 6 nitrogen and oxygen atoms in total. The average molecular weight is 353 g/mol. The summed E-state index contributed by atoms with van der Waals surface area (Å²) in [5, 5.41) is 1.08. The second-order valence-corrected chi connectivity index (χ2v) is 6.39. The van der Waals surface area contributed by atoms with Gasteiger partial charge in [-0.05, 0) is 35.4 Å². The Hall–Kier alpha value is -3.80. The number of benzene rings is 1. The van der Waals surface area contributed by atoms with E-state index in [4.69, 9.17) is 0 Å². The fourth-order valence-corrected chi connectivity index (χ4v) is 3.20. The Morgan fingerprint density at radius 2 is 1.85 bits per heavy atom. The van der Waals surface area contributed by atoms with Gasteiger partial charge in [-0.1, -0.05) is 24.3 Å². The van der Waals surface area contributed by atoms with E-state index in [1.807, 2.05) is 42.7 Å². The highest BCUT2D eigenvalue weighted by Crippen LogP contribution is 2.22. The van der Waals surface area contributed by atoms with Gasteiger partial charge in [-0.2, -0.15) is 0 Å². The minimum absolute atomic E-state index is 0.133. The van der Waals surface area contributed by atoms with Gasteiger partial charge in [0.1, 0.15) is 5.65 Å². The first-order chi connectivity index (χ1) is 13.3. The molecule has 0 aliphatic carbocycles. The quantitative estimate of drug-likeness (QED) is 0.539. The van der Waals surface area contributed by atoms with Crippen LogP contribution in [0.25, 0.3) is 33.2 Å². The summed E-state index contributed by atoms with van der Waals surface area (Å²) in [6.45, 7) is 0.452. The summed E-state index contributed by atoms with van der Waals surface area (Å²) in [5.41, 5.74) is 4.92. The SMILES string of the molecule is O=c1c2ncccc2ncn1Cc1ccc(-c2cnc3[nH]ccc3c2)cc1. The first-order valence-corrected chi connectivity index (χ1v) is 8.60. The maximum Gasteiger partial charge on any atom is 0.280 e. The van der Waals surface area contributed by atoms with Gasteiger partial charge in [-0.25, -0.2) is 15.0 Å². The molecular weight excluding hydrogens is 338 g/mol. The Morgan fingerprint density at radius 3 is 2.74 bits per heavy atom. The number of nitrogens with zero attached hydrogens (tertiary/aromatic N) is 4. The van der Waals surface area contributed by atoms with E-state index >= 15 is 0 Å². The smallest absolute Gasteiger partial charge is 0.280 e. The molecular formula is C21H15N5O. The van der Waals surface area contributed by atoms with Gasteiger partial charge >= 0.3 is 0 Å². The van der Waals surface area contributed by atoms with Crippen molar-refractivity contribution >= 4 is 22.1 Å². The first kappa shape index (κ1) is 15.5. The molecule has 27 heavy (non-hydrogen) atoms. The van der Waals surface area contributed by atoms with Crippen LogP contribution in [0.15, 0.2) is 78.2 Å². The van der Waals surface area contributed by atoms with Gasteiger partial charge in [0.25, 0.3) is 5.56 Å². The molecule has 0 saturated heterocycles. The van der Waals surface area contributed by atoms with Gasteiger partial charge in [-0.15, -0.1) is 0 Å². The molecule has 0 unspecified atom stereocenters. The highest BCUT2D eigenvalue weighted by atomic mass is 16.1. The maximum atomic E-state index is 12.6. The van der Waals surface area contributed by atoms with Gasteiger partial charge in [0.05, 0.1) is 18.4 Å². The number of H-pyrrole nitrogens is 1. The monoisotopic (exact) mass is 353 g/mol. The van der Waals surface area contributed by atoms with Crippen LogP contribution in [-0.4, -0.2) is 24.5 Å². The van der Waals surface area contributed by atoms with Crippen molar-refractivity contribution in [1.29, 1.82) is 0 Å². The number of aromatic nitrogens is 5. The molecule has 0 radical (unpaired) electrons. The molecule has 0 aliphatic rings. The van der Waals surface area contributed by atoms with Crippen molar-refractivity contribution in [3.05, 3.63) is 89.4 Å². The van der Waals surface area contributed by atoms with E-state index in [2.05, 4.69) is 26.0 Å². The van der Waals surface area contributed by atoms with Gasteiger partial charge in [0.2, 0.25) is 0 Å². The van der Waals surface area contributed by atoms with E-state index in [1.54, 1.807) is 29.2 Å². The van der Waals surface area contributed by atoms with Crippen LogP contribution in [0.5, 0.6) is 0 Å². The molecule has 0 atom stereocenters. The molecule has 0 fully saturated rings. The van der Waals surface area contributed by atoms with Gasteiger partial charge < -0.3 is 4.98 Å². The summed E-state index contributed by atoms with van der Waals surface area (Å²) in [6.07, 6.45) is 6.93. The van der Waals surface area contributed by atoms with Crippen LogP contribution in [0, 0.1) is 0 Å². The maximum absolute atomic E-state index is 12.6. The summed E-state index contributed by atoms with van der Waals surface area (Å²) < 4.78 is 1.58. The van der Waals surface area contributed by atoms with Crippen LogP contribution in [0.4, 0.5) is 0 Å². The number of hydrogen-bond acceptors (Lipinski definition) is 4. The highest BCUT2D eigenvalue weighted by Gasteiger charge is 2.06. The number of hydrogen-bond donors (Lipinski definition) is 1. The van der Waals surface area contributed by atoms with Crippen LogP contribution in [-0.2, 0) is 6.54 Å². The molecule has 130 valence electrons. The number of fused-ring (bicyclic) bond motifs is 2. The van der Waals surface area contributed by atoms with Gasteiger partial charge in [-0.3, -0.25) is 9.36 Å². The van der Waals surface area contributed by atoms with E-state index in [0.29, 0.717) is 17.6 Å². The molecule has 4 aromatic heterocycles. The van der Waals surface area contributed by atoms with E-state index in [9.17, 15) is 4.79 Å². The average Bonchev–Trinajstić information content (AvgIpc) is 3.19. The van der Waals surface area contributed by atoms with Crippen molar-refractivity contribution in [2.24, 2.45) is 0 Å². The molecule has 0 saturated carbocycles. The molecule has 6 heteroatoms. The zero-order chi connectivity index (χ0) is 18.2. The molecule has 5 rings (SSSR count). The zero-order valence-corrected chi connectivity index (χ0v) is 14.3. The van der Waals surface area contributed by atoms with Crippen molar-refractivity contribution in [1.82, 2.24) is 24.5 Å². The standard InChI is InChI=1S/C21H15N5O/c27-21-19-18(2-1-8-22-19)25-13-26(21)12-14-3-5-15(6-4-14)17-10-16-7-9-23-20(16)24-11-17/h1-11,13H,12H2,(H,23,24). The van der Waals surface area contributed by atoms with Crippen LogP contribution in [0.1, 0.15) is 5.56 Å². The second kappa shape index (κ2) is 6.17. The minimum Gasteiger partial charge on any atom is -0.346 e. The Kier molecular flexibility index (Phi) is 3.53. The van der Waals surface area contributed by atoms with E-state index < -0.39 is 0 Å². The molecule has 0 amide bonds. The van der Waals surface area contributed by atoms with Gasteiger partial charge in [0, 0.05) is 29.5 Å². The number of rotatable bonds is 3. The van der Waals surface area contributed by atoms with Crippen LogP contribution in [0.2, 0.25) is 0 Å². The van der Waals surface area contributed by atoms with Gasteiger partial charge in [0.15, 0.2) is 5.52 Å². The lowest BCUT2D eigenvalue weighted by molar-refractivity contribution is 0.746. The summed E-state index contributed by atoms with van der Waals surface area (Å²) in [5.74, 6) is 0. The largest absolute Gasteiger partial charge is 0.346 e. The molecule has 0 spiro atoms. The van der Waals surface area contributed by atoms with Crippen molar-refractivity contribution in [3.63, 3.8) is 0 Å². The van der Waals surface area contributed by atoms with E-state index in [-0.39, 0.29) is 5.56 Å². The fraction of sp³-hybridized carbons (Fsp3) is 0.0476. The topological polar surface area (TPSA) is 76.5 Å². The predicted molar refractivity (Wildman–Crippen MR) is 104 cm³/mol. The third-order valence-electron chi connectivity index (χ3n) is 4.63. The Labute approximate surface area is 154 Å². The summed E-state index contributed by atoms with van der Waals surface area (Å²) in [7, 11) is 0. The normalized spacial score (nSPS) is 11.3. The van der Waals surface area contributed by atoms with Crippen molar-refractivity contribution in [2.75, 3.05) is 0 Å². The number of aromatic amines is 1. The van der Waals surface area contributed by atoms with E-state index in [0.717, 1.165) is 27.7 Å². The molecule has 0 aliphatic heterocycles. The predicted octanol–water partition coefficient (Wildman–Crippen LogP) is 3.38. The van der Waals surface area contributed by atoms with Crippen LogP contribution < -0.4 is 5.56 Å². The number of pyridine rings is 2. The van der Waals surface area contributed by atoms with Crippen molar-refractivity contribution < 1.29 is 0 Å². The fourth-order valence-electron chi connectivity index (χ4n) is 3.20.